The van der Waals surface area contributed by atoms with Crippen LogP contribution in [0.25, 0.3) is 10.9 Å². The number of alkyl halides is 3. The molecule has 1 amide bonds. The van der Waals surface area contributed by atoms with Gasteiger partial charge in [-0.2, -0.15) is 13.2 Å². The van der Waals surface area contributed by atoms with Gasteiger partial charge >= 0.3 is 6.18 Å². The summed E-state index contributed by atoms with van der Waals surface area (Å²) in [5, 5.41) is 3.70. The third-order valence-corrected chi connectivity index (χ3v) is 4.57. The topological polar surface area (TPSA) is 46.9 Å². The van der Waals surface area contributed by atoms with Gasteiger partial charge < -0.3 is 9.88 Å². The second kappa shape index (κ2) is 7.43. The van der Waals surface area contributed by atoms with E-state index in [0.29, 0.717) is 17.9 Å². The molecule has 0 atom stereocenters. The van der Waals surface area contributed by atoms with Crippen LogP contribution in [0.2, 0.25) is 0 Å². The van der Waals surface area contributed by atoms with E-state index >= 15 is 0 Å². The molecule has 0 saturated carbocycles. The first kappa shape index (κ1) is 18.7. The van der Waals surface area contributed by atoms with Crippen LogP contribution in [0.15, 0.2) is 79.1 Å². The van der Waals surface area contributed by atoms with Crippen molar-refractivity contribution in [3.05, 3.63) is 95.9 Å². The predicted molar refractivity (Wildman–Crippen MR) is 105 cm³/mol. The van der Waals surface area contributed by atoms with E-state index in [0.717, 1.165) is 28.6 Å². The molecule has 0 bridgehead atoms. The lowest BCUT2D eigenvalue weighted by Gasteiger charge is -2.09. The molecule has 0 unspecified atom stereocenters. The van der Waals surface area contributed by atoms with Crippen molar-refractivity contribution in [3.8, 4) is 0 Å². The van der Waals surface area contributed by atoms with Crippen LogP contribution >= 0.6 is 0 Å². The molecule has 0 fully saturated rings. The summed E-state index contributed by atoms with van der Waals surface area (Å²) in [5.41, 5.74) is 1.82. The quantitative estimate of drug-likeness (QED) is 0.506. The van der Waals surface area contributed by atoms with Crippen LogP contribution in [0.5, 0.6) is 0 Å². The lowest BCUT2D eigenvalue weighted by atomic mass is 10.1. The molecule has 0 aliphatic rings. The maximum absolute atomic E-state index is 12.8. The molecule has 0 radical (unpaired) electrons. The van der Waals surface area contributed by atoms with E-state index < -0.39 is 11.7 Å². The summed E-state index contributed by atoms with van der Waals surface area (Å²) in [6.07, 6.45) is -1.03. The van der Waals surface area contributed by atoms with Crippen LogP contribution in [-0.2, 0) is 12.7 Å². The Balaban J connectivity index is 1.63. The first-order valence-electron chi connectivity index (χ1n) is 8.88. The highest BCUT2D eigenvalue weighted by Gasteiger charge is 2.29. The Morgan fingerprint density at radius 2 is 1.69 bits per heavy atom. The molecule has 146 valence electrons. The standard InChI is InChI=1S/C22H16F3N3O/c23-22(24,25)16-10-8-15(9-11-16)13-28-14-19(17-5-1-2-7-20(17)28)27-21(29)18-6-3-4-12-26-18/h1-12,14H,13H2,(H,27,29). The van der Waals surface area contributed by atoms with E-state index in [4.69, 9.17) is 0 Å². The van der Waals surface area contributed by atoms with Gasteiger partial charge in [0, 0.05) is 24.3 Å². The van der Waals surface area contributed by atoms with Crippen molar-refractivity contribution in [2.75, 3.05) is 5.32 Å². The Hall–Kier alpha value is -3.61. The third kappa shape index (κ3) is 3.99. The lowest BCUT2D eigenvalue weighted by Crippen LogP contribution is -2.13. The average molecular weight is 395 g/mol. The molecule has 29 heavy (non-hydrogen) atoms. The Morgan fingerprint density at radius 1 is 0.966 bits per heavy atom. The van der Waals surface area contributed by atoms with Crippen molar-refractivity contribution in [2.45, 2.75) is 12.7 Å². The Morgan fingerprint density at radius 3 is 2.38 bits per heavy atom. The summed E-state index contributed by atoms with van der Waals surface area (Å²) in [4.78, 5) is 16.5. The highest BCUT2D eigenvalue weighted by molar-refractivity contribution is 6.08. The largest absolute Gasteiger partial charge is 0.416 e. The Bertz CT molecular complexity index is 1150. The number of fused-ring (bicyclic) bond motifs is 1. The third-order valence-electron chi connectivity index (χ3n) is 4.57. The number of hydrogen-bond donors (Lipinski definition) is 1. The zero-order valence-corrected chi connectivity index (χ0v) is 15.1. The number of rotatable bonds is 4. The number of anilines is 1. The zero-order chi connectivity index (χ0) is 20.4. The Kier molecular flexibility index (Phi) is 4.80. The highest BCUT2D eigenvalue weighted by atomic mass is 19.4. The van der Waals surface area contributed by atoms with Crippen molar-refractivity contribution in [1.29, 1.82) is 0 Å². The van der Waals surface area contributed by atoms with E-state index in [1.165, 1.54) is 12.1 Å². The van der Waals surface area contributed by atoms with E-state index in [1.54, 1.807) is 30.6 Å². The molecule has 2 aromatic heterocycles. The van der Waals surface area contributed by atoms with Crippen molar-refractivity contribution >= 4 is 22.5 Å². The normalized spacial score (nSPS) is 11.6. The number of nitrogens with one attached hydrogen (secondary N) is 1. The number of nitrogens with zero attached hydrogens (tertiary/aromatic N) is 2. The van der Waals surface area contributed by atoms with E-state index in [1.807, 2.05) is 28.8 Å². The van der Waals surface area contributed by atoms with Crippen molar-refractivity contribution in [3.63, 3.8) is 0 Å². The first-order valence-corrected chi connectivity index (χ1v) is 8.88. The van der Waals surface area contributed by atoms with Crippen LogP contribution in [0, 0.1) is 0 Å². The number of benzene rings is 2. The van der Waals surface area contributed by atoms with Crippen LogP contribution in [0.4, 0.5) is 18.9 Å². The molecule has 1 N–H and O–H groups in total. The minimum absolute atomic E-state index is 0.298. The maximum atomic E-state index is 12.8. The predicted octanol–water partition coefficient (Wildman–Crippen LogP) is 5.36. The monoisotopic (exact) mass is 395 g/mol. The molecule has 0 saturated heterocycles. The average Bonchev–Trinajstić information content (AvgIpc) is 3.06. The van der Waals surface area contributed by atoms with Gasteiger partial charge in [0.05, 0.1) is 16.8 Å². The molecule has 2 aromatic carbocycles. The summed E-state index contributed by atoms with van der Waals surface area (Å²) in [6, 6.07) is 17.7. The van der Waals surface area contributed by atoms with E-state index in [-0.39, 0.29) is 5.91 Å². The molecule has 0 aliphatic heterocycles. The number of carbonyl (C=O) groups is 1. The fourth-order valence-corrected chi connectivity index (χ4v) is 3.16. The van der Waals surface area contributed by atoms with Gasteiger partial charge in [-0.3, -0.25) is 9.78 Å². The fraction of sp³-hybridized carbons (Fsp3) is 0.0909. The molecule has 7 heteroatoms. The number of pyridine rings is 1. The molecular formula is C22H16F3N3O. The second-order valence-corrected chi connectivity index (χ2v) is 6.55. The molecule has 4 nitrogen and oxygen atoms in total. The molecule has 0 aliphatic carbocycles. The van der Waals surface area contributed by atoms with Crippen molar-refractivity contribution in [1.82, 2.24) is 9.55 Å². The van der Waals surface area contributed by atoms with Gasteiger partial charge in [-0.25, -0.2) is 0 Å². The molecule has 0 spiro atoms. The number of carbonyl (C=O) groups excluding carboxylic acids is 1. The lowest BCUT2D eigenvalue weighted by molar-refractivity contribution is -0.137. The fourth-order valence-electron chi connectivity index (χ4n) is 3.16. The molecule has 4 aromatic rings. The van der Waals surface area contributed by atoms with Gasteiger partial charge in [0.2, 0.25) is 0 Å². The smallest absolute Gasteiger partial charge is 0.341 e. The number of hydrogen-bond acceptors (Lipinski definition) is 2. The molecule has 4 rings (SSSR count). The second-order valence-electron chi connectivity index (χ2n) is 6.55. The number of aromatic nitrogens is 2. The number of halogens is 3. The van der Waals surface area contributed by atoms with Gasteiger partial charge in [-0.15, -0.1) is 0 Å². The van der Waals surface area contributed by atoms with Gasteiger partial charge in [0.1, 0.15) is 5.69 Å². The number of amides is 1. The number of para-hydroxylation sites is 1. The van der Waals surface area contributed by atoms with Crippen molar-refractivity contribution < 1.29 is 18.0 Å². The summed E-state index contributed by atoms with van der Waals surface area (Å²) in [6.45, 7) is 0.373. The summed E-state index contributed by atoms with van der Waals surface area (Å²) in [5.74, 6) is -0.331. The Labute approximate surface area is 164 Å². The summed E-state index contributed by atoms with van der Waals surface area (Å²) < 4.78 is 40.2. The SMILES string of the molecule is O=C(Nc1cn(Cc2ccc(C(F)(F)F)cc2)c2ccccc12)c1ccccn1. The van der Waals surface area contributed by atoms with Gasteiger partial charge in [0.25, 0.3) is 5.91 Å². The van der Waals surface area contributed by atoms with E-state index in [9.17, 15) is 18.0 Å². The minimum atomic E-state index is -4.36. The highest BCUT2D eigenvalue weighted by Crippen LogP contribution is 2.30. The summed E-state index contributed by atoms with van der Waals surface area (Å²) in [7, 11) is 0. The van der Waals surface area contributed by atoms with Crippen LogP contribution < -0.4 is 5.32 Å². The molecule has 2 heterocycles. The van der Waals surface area contributed by atoms with Crippen LogP contribution in [-0.4, -0.2) is 15.5 Å². The van der Waals surface area contributed by atoms with Crippen LogP contribution in [0.1, 0.15) is 21.6 Å². The van der Waals surface area contributed by atoms with Crippen molar-refractivity contribution in [2.24, 2.45) is 0 Å². The van der Waals surface area contributed by atoms with E-state index in [2.05, 4.69) is 10.3 Å². The van der Waals surface area contributed by atoms with Gasteiger partial charge in [0.15, 0.2) is 0 Å². The first-order chi connectivity index (χ1) is 13.9. The zero-order valence-electron chi connectivity index (χ0n) is 15.1. The van der Waals surface area contributed by atoms with Crippen LogP contribution in [0.3, 0.4) is 0 Å². The van der Waals surface area contributed by atoms with Gasteiger partial charge in [-0.1, -0.05) is 36.4 Å². The minimum Gasteiger partial charge on any atom is -0.341 e. The molecular weight excluding hydrogens is 379 g/mol. The summed E-state index contributed by atoms with van der Waals surface area (Å²) >= 11 is 0. The van der Waals surface area contributed by atoms with Gasteiger partial charge in [-0.05, 0) is 35.9 Å². The maximum Gasteiger partial charge on any atom is 0.416 e.